The average Bonchev–Trinajstić information content (AvgIpc) is 2.43. The molecule has 0 bridgehead atoms. The van der Waals surface area contributed by atoms with Gasteiger partial charge < -0.3 is 15.3 Å². The first-order valence-corrected chi connectivity index (χ1v) is 5.75. The minimum atomic E-state index is -1.08. The number of carbonyl (C=O) groups is 3. The van der Waals surface area contributed by atoms with Crippen molar-refractivity contribution in [2.24, 2.45) is 0 Å². The van der Waals surface area contributed by atoms with Crippen LogP contribution >= 0.6 is 0 Å². The molecule has 6 nitrogen and oxygen atoms in total. The zero-order chi connectivity index (χ0) is 14.4. The quantitative estimate of drug-likeness (QED) is 0.815. The first-order chi connectivity index (χ1) is 8.95. The van der Waals surface area contributed by atoms with Crippen molar-refractivity contribution in [2.75, 3.05) is 20.6 Å². The Morgan fingerprint density at radius 1 is 1.26 bits per heavy atom. The van der Waals surface area contributed by atoms with Gasteiger partial charge in [-0.25, -0.2) is 4.79 Å². The molecule has 2 amide bonds. The second-order valence-electron chi connectivity index (χ2n) is 4.04. The van der Waals surface area contributed by atoms with Gasteiger partial charge in [0.2, 0.25) is 5.91 Å². The maximum absolute atomic E-state index is 12.0. The largest absolute Gasteiger partial charge is 0.478 e. The van der Waals surface area contributed by atoms with E-state index in [2.05, 4.69) is 5.32 Å². The molecule has 1 aromatic carbocycles. The molecule has 0 aromatic heterocycles. The molecule has 0 saturated carbocycles. The van der Waals surface area contributed by atoms with E-state index in [-0.39, 0.29) is 30.3 Å². The highest BCUT2D eigenvalue weighted by molar-refractivity contribution is 5.97. The Kier molecular flexibility index (Phi) is 5.05. The van der Waals surface area contributed by atoms with Gasteiger partial charge in [-0.3, -0.25) is 9.59 Å². The molecule has 0 radical (unpaired) electrons. The van der Waals surface area contributed by atoms with Gasteiger partial charge >= 0.3 is 5.97 Å². The Morgan fingerprint density at radius 3 is 2.47 bits per heavy atom. The van der Waals surface area contributed by atoms with Crippen molar-refractivity contribution in [2.45, 2.75) is 6.42 Å². The lowest BCUT2D eigenvalue weighted by Gasteiger charge is -2.16. The van der Waals surface area contributed by atoms with Gasteiger partial charge in [0.15, 0.2) is 0 Å². The van der Waals surface area contributed by atoms with Crippen molar-refractivity contribution in [3.05, 3.63) is 35.4 Å². The normalized spacial score (nSPS) is 9.79. The lowest BCUT2D eigenvalue weighted by atomic mass is 10.1. The fourth-order valence-electron chi connectivity index (χ4n) is 1.50. The van der Waals surface area contributed by atoms with Gasteiger partial charge in [-0.05, 0) is 18.2 Å². The molecule has 102 valence electrons. The lowest BCUT2D eigenvalue weighted by Crippen LogP contribution is -2.31. The van der Waals surface area contributed by atoms with Crippen molar-refractivity contribution in [1.29, 1.82) is 0 Å². The number of hydrogen-bond donors (Lipinski definition) is 2. The van der Waals surface area contributed by atoms with E-state index in [0.29, 0.717) is 5.56 Å². The van der Waals surface area contributed by atoms with E-state index in [9.17, 15) is 14.4 Å². The SMILES string of the molecule is CNC(=O)CCN(C)C(=O)c1cccc(C(=O)O)c1. The number of hydrogen-bond acceptors (Lipinski definition) is 3. The molecule has 19 heavy (non-hydrogen) atoms. The van der Waals surface area contributed by atoms with Gasteiger partial charge in [0.25, 0.3) is 5.91 Å². The van der Waals surface area contributed by atoms with Crippen LogP contribution in [0.5, 0.6) is 0 Å². The molecule has 0 aliphatic carbocycles. The average molecular weight is 264 g/mol. The molecule has 0 spiro atoms. The summed E-state index contributed by atoms with van der Waals surface area (Å²) in [6, 6.07) is 5.80. The zero-order valence-corrected chi connectivity index (χ0v) is 10.8. The summed E-state index contributed by atoms with van der Waals surface area (Å²) in [7, 11) is 3.10. The zero-order valence-electron chi connectivity index (χ0n) is 10.8. The third kappa shape index (κ3) is 4.09. The van der Waals surface area contributed by atoms with E-state index in [0.717, 1.165) is 0 Å². The predicted octanol–water partition coefficient (Wildman–Crippen LogP) is 0.593. The summed E-state index contributed by atoms with van der Waals surface area (Å²) in [5.41, 5.74) is 0.352. The highest BCUT2D eigenvalue weighted by Crippen LogP contribution is 2.08. The second kappa shape index (κ2) is 6.53. The number of benzene rings is 1. The molecule has 2 N–H and O–H groups in total. The van der Waals surface area contributed by atoms with Gasteiger partial charge in [0.1, 0.15) is 0 Å². The number of nitrogens with one attached hydrogen (secondary N) is 1. The number of carbonyl (C=O) groups excluding carboxylic acids is 2. The highest BCUT2D eigenvalue weighted by atomic mass is 16.4. The molecule has 0 atom stereocenters. The molecule has 0 aliphatic heterocycles. The van der Waals surface area contributed by atoms with Crippen molar-refractivity contribution in [3.8, 4) is 0 Å². The fourth-order valence-corrected chi connectivity index (χ4v) is 1.50. The van der Waals surface area contributed by atoms with E-state index in [4.69, 9.17) is 5.11 Å². The van der Waals surface area contributed by atoms with Crippen LogP contribution in [-0.2, 0) is 4.79 Å². The maximum Gasteiger partial charge on any atom is 0.335 e. The topological polar surface area (TPSA) is 86.7 Å². The van der Waals surface area contributed by atoms with Crippen LogP contribution in [-0.4, -0.2) is 48.4 Å². The van der Waals surface area contributed by atoms with Crippen LogP contribution in [0, 0.1) is 0 Å². The Morgan fingerprint density at radius 2 is 1.89 bits per heavy atom. The van der Waals surface area contributed by atoms with Crippen molar-refractivity contribution < 1.29 is 19.5 Å². The molecule has 0 heterocycles. The van der Waals surface area contributed by atoms with Gasteiger partial charge in [-0.1, -0.05) is 6.07 Å². The number of carboxylic acids is 1. The summed E-state index contributed by atoms with van der Waals surface area (Å²) in [6.45, 7) is 0.274. The van der Waals surface area contributed by atoms with Crippen LogP contribution in [0.2, 0.25) is 0 Å². The lowest BCUT2D eigenvalue weighted by molar-refractivity contribution is -0.120. The Hall–Kier alpha value is -2.37. The van der Waals surface area contributed by atoms with Crippen LogP contribution in [0.15, 0.2) is 24.3 Å². The molecule has 0 aliphatic rings. The summed E-state index contributed by atoms with van der Waals surface area (Å²) < 4.78 is 0. The highest BCUT2D eigenvalue weighted by Gasteiger charge is 2.14. The van der Waals surface area contributed by atoms with E-state index >= 15 is 0 Å². The molecule has 1 aromatic rings. The van der Waals surface area contributed by atoms with Gasteiger partial charge in [-0.2, -0.15) is 0 Å². The molecule has 0 unspecified atom stereocenters. The van der Waals surface area contributed by atoms with Gasteiger partial charge in [0, 0.05) is 32.6 Å². The minimum absolute atomic E-state index is 0.0607. The summed E-state index contributed by atoms with van der Waals surface area (Å²) >= 11 is 0. The van der Waals surface area contributed by atoms with Crippen molar-refractivity contribution in [1.82, 2.24) is 10.2 Å². The Balaban J connectivity index is 2.74. The van der Waals surface area contributed by atoms with E-state index in [1.807, 2.05) is 0 Å². The van der Waals surface area contributed by atoms with E-state index in [1.54, 1.807) is 13.1 Å². The number of amides is 2. The van der Waals surface area contributed by atoms with E-state index < -0.39 is 5.97 Å². The summed E-state index contributed by atoms with van der Waals surface area (Å²) in [4.78, 5) is 35.3. The first kappa shape index (κ1) is 14.7. The van der Waals surface area contributed by atoms with Crippen LogP contribution in [0.3, 0.4) is 0 Å². The predicted molar refractivity (Wildman–Crippen MR) is 69.0 cm³/mol. The summed E-state index contributed by atoms with van der Waals surface area (Å²) in [6.07, 6.45) is 0.206. The Labute approximate surface area is 111 Å². The molecule has 1 rings (SSSR count). The fraction of sp³-hybridized carbons (Fsp3) is 0.308. The van der Waals surface area contributed by atoms with Gasteiger partial charge in [-0.15, -0.1) is 0 Å². The second-order valence-corrected chi connectivity index (χ2v) is 4.04. The Bertz CT molecular complexity index is 499. The van der Waals surface area contributed by atoms with Gasteiger partial charge in [0.05, 0.1) is 5.56 Å². The summed E-state index contributed by atoms with van der Waals surface area (Å²) in [5.74, 6) is -1.55. The minimum Gasteiger partial charge on any atom is -0.478 e. The van der Waals surface area contributed by atoms with Crippen molar-refractivity contribution in [3.63, 3.8) is 0 Å². The first-order valence-electron chi connectivity index (χ1n) is 5.75. The molecule has 0 fully saturated rings. The molecule has 6 heteroatoms. The number of aromatic carboxylic acids is 1. The molecular weight excluding hydrogens is 248 g/mol. The monoisotopic (exact) mass is 264 g/mol. The molecule has 0 saturated heterocycles. The van der Waals surface area contributed by atoms with Crippen molar-refractivity contribution >= 4 is 17.8 Å². The summed E-state index contributed by atoms with van der Waals surface area (Å²) in [5, 5.41) is 11.3. The van der Waals surface area contributed by atoms with Crippen LogP contribution in [0.4, 0.5) is 0 Å². The number of rotatable bonds is 5. The van der Waals surface area contributed by atoms with Crippen LogP contribution in [0.25, 0.3) is 0 Å². The number of nitrogens with zero attached hydrogens (tertiary/aromatic N) is 1. The maximum atomic E-state index is 12.0. The van der Waals surface area contributed by atoms with Crippen LogP contribution in [0.1, 0.15) is 27.1 Å². The van der Waals surface area contributed by atoms with Crippen LogP contribution < -0.4 is 5.32 Å². The third-order valence-corrected chi connectivity index (χ3v) is 2.66. The molecular formula is C13H16N2O4. The van der Waals surface area contributed by atoms with E-state index in [1.165, 1.54) is 30.1 Å². The smallest absolute Gasteiger partial charge is 0.335 e. The standard InChI is InChI=1S/C13H16N2O4/c1-14-11(16)6-7-15(2)12(17)9-4-3-5-10(8-9)13(18)19/h3-5,8H,6-7H2,1-2H3,(H,14,16)(H,18,19). The third-order valence-electron chi connectivity index (χ3n) is 2.66. The number of carboxylic acid groups (broad SMARTS) is 1.